The number of anilines is 1. The van der Waals surface area contributed by atoms with Gasteiger partial charge in [0.2, 0.25) is 0 Å². The normalized spacial score (nSPS) is 24.9. The van der Waals surface area contributed by atoms with E-state index < -0.39 is 0 Å². The Balaban J connectivity index is 1.86. The highest BCUT2D eigenvalue weighted by Gasteiger charge is 2.39. The lowest BCUT2D eigenvalue weighted by atomic mass is 10.1. The van der Waals surface area contributed by atoms with Gasteiger partial charge in [-0.05, 0) is 37.3 Å². The Kier molecular flexibility index (Phi) is 2.25. The third kappa shape index (κ3) is 1.60. The third-order valence-corrected chi connectivity index (χ3v) is 4.51. The molecule has 1 aromatic heterocycles. The van der Waals surface area contributed by atoms with E-state index in [4.69, 9.17) is 4.98 Å². The van der Waals surface area contributed by atoms with Gasteiger partial charge in [-0.1, -0.05) is 18.2 Å². The molecule has 2 unspecified atom stereocenters. The molecular weight excluding hydrogens is 234 g/mol. The highest BCUT2D eigenvalue weighted by molar-refractivity contribution is 5.83. The van der Waals surface area contributed by atoms with Crippen molar-refractivity contribution in [3.8, 4) is 6.07 Å². The van der Waals surface area contributed by atoms with E-state index in [1.807, 2.05) is 30.3 Å². The summed E-state index contributed by atoms with van der Waals surface area (Å²) < 4.78 is 0. The topological polar surface area (TPSA) is 39.9 Å². The average molecular weight is 249 g/mol. The van der Waals surface area contributed by atoms with Crippen LogP contribution < -0.4 is 4.90 Å². The molecule has 4 rings (SSSR count). The SMILES string of the molecule is N#Cc1cc2ccccc2nc1N1CC2CCC1C2. The molecule has 2 fully saturated rings. The Labute approximate surface area is 112 Å². The van der Waals surface area contributed by atoms with Crippen LogP contribution in [0.1, 0.15) is 24.8 Å². The van der Waals surface area contributed by atoms with Crippen LogP contribution >= 0.6 is 0 Å². The van der Waals surface area contributed by atoms with Crippen molar-refractivity contribution < 1.29 is 0 Å². The molecule has 2 atom stereocenters. The molecule has 0 N–H and O–H groups in total. The second kappa shape index (κ2) is 3.96. The number of para-hydroxylation sites is 1. The zero-order chi connectivity index (χ0) is 12.8. The van der Waals surface area contributed by atoms with Gasteiger partial charge in [-0.25, -0.2) is 4.98 Å². The van der Waals surface area contributed by atoms with E-state index in [1.165, 1.54) is 19.3 Å². The van der Waals surface area contributed by atoms with E-state index in [9.17, 15) is 5.26 Å². The number of nitrogens with zero attached hydrogens (tertiary/aromatic N) is 3. The predicted molar refractivity (Wildman–Crippen MR) is 74.9 cm³/mol. The van der Waals surface area contributed by atoms with Crippen LogP contribution in [0.25, 0.3) is 10.9 Å². The van der Waals surface area contributed by atoms with E-state index in [0.717, 1.165) is 29.2 Å². The molecule has 0 spiro atoms. The molecule has 0 radical (unpaired) electrons. The van der Waals surface area contributed by atoms with Crippen molar-refractivity contribution >= 4 is 16.7 Å². The van der Waals surface area contributed by atoms with Gasteiger partial charge >= 0.3 is 0 Å². The molecule has 1 saturated carbocycles. The molecule has 2 heterocycles. The fourth-order valence-corrected chi connectivity index (χ4v) is 3.59. The second-order valence-electron chi connectivity index (χ2n) is 5.65. The molecule has 19 heavy (non-hydrogen) atoms. The van der Waals surface area contributed by atoms with Gasteiger partial charge in [-0.2, -0.15) is 5.26 Å². The number of pyridine rings is 1. The molecule has 1 aliphatic carbocycles. The molecule has 1 aromatic carbocycles. The summed E-state index contributed by atoms with van der Waals surface area (Å²) in [6.45, 7) is 1.07. The van der Waals surface area contributed by atoms with Crippen molar-refractivity contribution in [2.45, 2.75) is 25.3 Å². The van der Waals surface area contributed by atoms with Gasteiger partial charge in [-0.15, -0.1) is 0 Å². The summed E-state index contributed by atoms with van der Waals surface area (Å²) in [7, 11) is 0. The average Bonchev–Trinajstić information content (AvgIpc) is 3.08. The Bertz CT molecular complexity index is 686. The maximum Gasteiger partial charge on any atom is 0.147 e. The number of rotatable bonds is 1. The molecule has 2 aliphatic rings. The molecule has 0 amide bonds. The number of hydrogen-bond acceptors (Lipinski definition) is 3. The number of benzene rings is 1. The molecule has 3 nitrogen and oxygen atoms in total. The monoisotopic (exact) mass is 249 g/mol. The van der Waals surface area contributed by atoms with E-state index in [-0.39, 0.29) is 0 Å². The van der Waals surface area contributed by atoms with Gasteiger partial charge in [-0.3, -0.25) is 0 Å². The van der Waals surface area contributed by atoms with Crippen molar-refractivity contribution in [1.29, 1.82) is 5.26 Å². The smallest absolute Gasteiger partial charge is 0.147 e. The Morgan fingerprint density at radius 3 is 2.89 bits per heavy atom. The number of aromatic nitrogens is 1. The van der Waals surface area contributed by atoms with Crippen LogP contribution in [0.4, 0.5) is 5.82 Å². The standard InChI is InChI=1S/C16H15N3/c17-9-13-8-12-3-1-2-4-15(12)18-16(13)19-10-11-5-6-14(19)7-11/h1-4,8,11,14H,5-7,10H2. The van der Waals surface area contributed by atoms with E-state index in [2.05, 4.69) is 11.0 Å². The van der Waals surface area contributed by atoms with Crippen LogP contribution in [0.2, 0.25) is 0 Å². The van der Waals surface area contributed by atoms with Crippen molar-refractivity contribution in [2.24, 2.45) is 5.92 Å². The maximum absolute atomic E-state index is 9.39. The van der Waals surface area contributed by atoms with Gasteiger partial charge < -0.3 is 4.90 Å². The van der Waals surface area contributed by atoms with Crippen molar-refractivity contribution in [1.82, 2.24) is 4.98 Å². The molecule has 1 saturated heterocycles. The highest BCUT2D eigenvalue weighted by atomic mass is 15.2. The largest absolute Gasteiger partial charge is 0.352 e. The van der Waals surface area contributed by atoms with Crippen LogP contribution in [-0.4, -0.2) is 17.6 Å². The van der Waals surface area contributed by atoms with Gasteiger partial charge in [0.05, 0.1) is 11.1 Å². The van der Waals surface area contributed by atoms with Gasteiger partial charge in [0.15, 0.2) is 0 Å². The first kappa shape index (κ1) is 10.8. The minimum Gasteiger partial charge on any atom is -0.352 e. The highest BCUT2D eigenvalue weighted by Crippen LogP contribution is 2.40. The molecule has 94 valence electrons. The van der Waals surface area contributed by atoms with Crippen LogP contribution in [0, 0.1) is 17.2 Å². The van der Waals surface area contributed by atoms with Crippen molar-refractivity contribution in [3.63, 3.8) is 0 Å². The number of piperidine rings is 1. The summed E-state index contributed by atoms with van der Waals surface area (Å²) >= 11 is 0. The van der Waals surface area contributed by atoms with Crippen LogP contribution in [-0.2, 0) is 0 Å². The summed E-state index contributed by atoms with van der Waals surface area (Å²) in [6.07, 6.45) is 3.88. The molecule has 3 heteroatoms. The first-order chi connectivity index (χ1) is 9.35. The quantitative estimate of drug-likeness (QED) is 0.779. The lowest BCUT2D eigenvalue weighted by Gasteiger charge is -2.28. The minimum atomic E-state index is 0.603. The van der Waals surface area contributed by atoms with Crippen LogP contribution in [0.5, 0.6) is 0 Å². The summed E-state index contributed by atoms with van der Waals surface area (Å²) in [5.41, 5.74) is 1.70. The number of fused-ring (bicyclic) bond motifs is 3. The zero-order valence-electron chi connectivity index (χ0n) is 10.7. The van der Waals surface area contributed by atoms with Crippen LogP contribution in [0.3, 0.4) is 0 Å². The zero-order valence-corrected chi connectivity index (χ0v) is 10.7. The van der Waals surface area contributed by atoms with E-state index in [1.54, 1.807) is 0 Å². The Hall–Kier alpha value is -2.08. The summed E-state index contributed by atoms with van der Waals surface area (Å²) in [5.74, 6) is 1.71. The summed E-state index contributed by atoms with van der Waals surface area (Å²) in [5, 5.41) is 10.4. The Morgan fingerprint density at radius 2 is 2.16 bits per heavy atom. The van der Waals surface area contributed by atoms with E-state index in [0.29, 0.717) is 11.6 Å². The second-order valence-corrected chi connectivity index (χ2v) is 5.65. The molecular formula is C16H15N3. The summed E-state index contributed by atoms with van der Waals surface area (Å²) in [4.78, 5) is 7.11. The lowest BCUT2D eigenvalue weighted by molar-refractivity contribution is 0.550. The minimum absolute atomic E-state index is 0.603. The first-order valence-corrected chi connectivity index (χ1v) is 6.91. The predicted octanol–water partition coefficient (Wildman–Crippen LogP) is 3.10. The maximum atomic E-state index is 9.39. The third-order valence-electron chi connectivity index (χ3n) is 4.51. The fourth-order valence-electron chi connectivity index (χ4n) is 3.59. The van der Waals surface area contributed by atoms with Crippen LogP contribution in [0.15, 0.2) is 30.3 Å². The van der Waals surface area contributed by atoms with Gasteiger partial charge in [0.1, 0.15) is 11.9 Å². The molecule has 2 aromatic rings. The molecule has 1 aliphatic heterocycles. The van der Waals surface area contributed by atoms with Gasteiger partial charge in [0, 0.05) is 18.0 Å². The molecule has 2 bridgehead atoms. The number of hydrogen-bond donors (Lipinski definition) is 0. The van der Waals surface area contributed by atoms with E-state index >= 15 is 0 Å². The summed E-state index contributed by atoms with van der Waals surface area (Å²) in [6, 6.07) is 12.9. The lowest BCUT2D eigenvalue weighted by Crippen LogP contribution is -2.33. The Morgan fingerprint density at radius 1 is 1.26 bits per heavy atom. The first-order valence-electron chi connectivity index (χ1n) is 6.91. The number of nitriles is 1. The van der Waals surface area contributed by atoms with Gasteiger partial charge in [0.25, 0.3) is 0 Å². The van der Waals surface area contributed by atoms with Crippen molar-refractivity contribution in [2.75, 3.05) is 11.4 Å². The fraction of sp³-hybridized carbons (Fsp3) is 0.375. The van der Waals surface area contributed by atoms with Crippen molar-refractivity contribution in [3.05, 3.63) is 35.9 Å².